The van der Waals surface area contributed by atoms with Gasteiger partial charge in [-0.15, -0.1) is 0 Å². The van der Waals surface area contributed by atoms with Crippen LogP contribution in [0.5, 0.6) is 0 Å². The summed E-state index contributed by atoms with van der Waals surface area (Å²) in [5.74, 6) is 5.65. The summed E-state index contributed by atoms with van der Waals surface area (Å²) in [6.45, 7) is 2.21. The molecule has 2 rings (SSSR count). The number of hydrazine groups is 1. The topological polar surface area (TPSA) is 38.0 Å². The van der Waals surface area contributed by atoms with Crippen LogP contribution in [0.25, 0.3) is 0 Å². The molecule has 18 heavy (non-hydrogen) atoms. The van der Waals surface area contributed by atoms with E-state index in [9.17, 15) is 8.78 Å². The second kappa shape index (κ2) is 5.76. The molecular weight excluding hydrogens is 234 g/mol. The van der Waals surface area contributed by atoms with E-state index in [1.807, 2.05) is 0 Å². The summed E-state index contributed by atoms with van der Waals surface area (Å²) in [6, 6.07) is 3.79. The highest BCUT2D eigenvalue weighted by Gasteiger charge is 2.30. The second-order valence-electron chi connectivity index (χ2n) is 5.29. The van der Waals surface area contributed by atoms with Gasteiger partial charge in [-0.05, 0) is 36.3 Å². The van der Waals surface area contributed by atoms with Crippen LogP contribution in [0.15, 0.2) is 18.2 Å². The van der Waals surface area contributed by atoms with Gasteiger partial charge in [0.15, 0.2) is 0 Å². The Kier molecular flexibility index (Phi) is 4.30. The quantitative estimate of drug-likeness (QED) is 0.640. The maximum absolute atomic E-state index is 13.6. The molecule has 0 heterocycles. The number of hydrogen-bond donors (Lipinski definition) is 2. The summed E-state index contributed by atoms with van der Waals surface area (Å²) in [4.78, 5) is 0. The molecule has 3 unspecified atom stereocenters. The Balaban J connectivity index is 2.10. The van der Waals surface area contributed by atoms with Gasteiger partial charge < -0.3 is 0 Å². The summed E-state index contributed by atoms with van der Waals surface area (Å²) >= 11 is 0. The van der Waals surface area contributed by atoms with Gasteiger partial charge in [0.2, 0.25) is 0 Å². The Hall–Kier alpha value is -1.00. The summed E-state index contributed by atoms with van der Waals surface area (Å²) in [5.41, 5.74) is 3.33. The van der Waals surface area contributed by atoms with Crippen molar-refractivity contribution in [3.05, 3.63) is 35.4 Å². The standard InChI is InChI=1S/C14H20F2N2/c1-9-3-2-4-12(9)14(18-17)7-10-5-6-11(15)8-13(10)16/h5-6,8-9,12,14,18H,2-4,7,17H2,1H3. The maximum atomic E-state index is 13.6. The lowest BCUT2D eigenvalue weighted by Gasteiger charge is -2.26. The summed E-state index contributed by atoms with van der Waals surface area (Å²) in [7, 11) is 0. The maximum Gasteiger partial charge on any atom is 0.129 e. The Bertz CT molecular complexity index is 409. The molecule has 1 saturated carbocycles. The minimum atomic E-state index is -0.539. The normalized spacial score (nSPS) is 25.3. The Morgan fingerprint density at radius 3 is 2.72 bits per heavy atom. The second-order valence-corrected chi connectivity index (χ2v) is 5.29. The monoisotopic (exact) mass is 254 g/mol. The van der Waals surface area contributed by atoms with E-state index in [1.165, 1.54) is 25.0 Å². The van der Waals surface area contributed by atoms with Gasteiger partial charge in [-0.25, -0.2) is 8.78 Å². The highest BCUT2D eigenvalue weighted by atomic mass is 19.1. The van der Waals surface area contributed by atoms with Gasteiger partial charge in [0.25, 0.3) is 0 Å². The van der Waals surface area contributed by atoms with Crippen molar-refractivity contribution in [2.75, 3.05) is 0 Å². The van der Waals surface area contributed by atoms with Crippen LogP contribution in [0.1, 0.15) is 31.7 Å². The van der Waals surface area contributed by atoms with Gasteiger partial charge in [0.1, 0.15) is 11.6 Å². The molecule has 0 amide bonds. The van der Waals surface area contributed by atoms with E-state index < -0.39 is 11.6 Å². The largest absolute Gasteiger partial charge is 0.271 e. The molecule has 1 aliphatic carbocycles. The average molecular weight is 254 g/mol. The third-order valence-corrected chi connectivity index (χ3v) is 4.11. The third-order valence-electron chi connectivity index (χ3n) is 4.11. The van der Waals surface area contributed by atoms with E-state index >= 15 is 0 Å². The van der Waals surface area contributed by atoms with Crippen LogP contribution in [-0.2, 0) is 6.42 Å². The highest BCUT2D eigenvalue weighted by molar-refractivity contribution is 5.20. The van der Waals surface area contributed by atoms with Crippen molar-refractivity contribution in [1.82, 2.24) is 5.43 Å². The fourth-order valence-corrected chi connectivity index (χ4v) is 3.03. The molecule has 1 fully saturated rings. The van der Waals surface area contributed by atoms with Crippen LogP contribution in [0.2, 0.25) is 0 Å². The molecule has 3 atom stereocenters. The van der Waals surface area contributed by atoms with Gasteiger partial charge in [-0.3, -0.25) is 11.3 Å². The molecule has 100 valence electrons. The van der Waals surface area contributed by atoms with Crippen LogP contribution in [0.3, 0.4) is 0 Å². The zero-order valence-corrected chi connectivity index (χ0v) is 10.6. The molecule has 2 nitrogen and oxygen atoms in total. The number of nitrogens with one attached hydrogen (secondary N) is 1. The number of rotatable bonds is 4. The zero-order valence-electron chi connectivity index (χ0n) is 10.6. The lowest BCUT2D eigenvalue weighted by atomic mass is 9.87. The van der Waals surface area contributed by atoms with Crippen molar-refractivity contribution < 1.29 is 8.78 Å². The molecule has 0 spiro atoms. The van der Waals surface area contributed by atoms with E-state index in [0.29, 0.717) is 23.8 Å². The van der Waals surface area contributed by atoms with Crippen molar-refractivity contribution in [2.24, 2.45) is 17.7 Å². The molecule has 1 aromatic carbocycles. The molecule has 0 radical (unpaired) electrons. The number of nitrogens with two attached hydrogens (primary N) is 1. The van der Waals surface area contributed by atoms with Gasteiger partial charge >= 0.3 is 0 Å². The van der Waals surface area contributed by atoms with E-state index in [1.54, 1.807) is 0 Å². The van der Waals surface area contributed by atoms with Crippen molar-refractivity contribution in [1.29, 1.82) is 0 Å². The summed E-state index contributed by atoms with van der Waals surface area (Å²) < 4.78 is 26.5. The smallest absolute Gasteiger partial charge is 0.129 e. The Morgan fingerprint density at radius 2 is 2.17 bits per heavy atom. The van der Waals surface area contributed by atoms with Crippen molar-refractivity contribution >= 4 is 0 Å². The van der Waals surface area contributed by atoms with E-state index in [0.717, 1.165) is 12.5 Å². The molecule has 0 bridgehead atoms. The van der Waals surface area contributed by atoms with Crippen LogP contribution < -0.4 is 11.3 Å². The highest BCUT2D eigenvalue weighted by Crippen LogP contribution is 2.34. The van der Waals surface area contributed by atoms with Crippen LogP contribution in [0, 0.1) is 23.5 Å². The number of benzene rings is 1. The van der Waals surface area contributed by atoms with Crippen molar-refractivity contribution in [3.63, 3.8) is 0 Å². The SMILES string of the molecule is CC1CCCC1C(Cc1ccc(F)cc1F)NN. The zero-order chi connectivity index (χ0) is 13.1. The van der Waals surface area contributed by atoms with Gasteiger partial charge in [0.05, 0.1) is 0 Å². The minimum absolute atomic E-state index is 0.0578. The Labute approximate surface area is 107 Å². The summed E-state index contributed by atoms with van der Waals surface area (Å²) in [6.07, 6.45) is 4.04. The molecule has 4 heteroatoms. The van der Waals surface area contributed by atoms with Gasteiger partial charge in [-0.2, -0.15) is 0 Å². The average Bonchev–Trinajstić information content (AvgIpc) is 2.75. The van der Waals surface area contributed by atoms with Crippen LogP contribution >= 0.6 is 0 Å². The van der Waals surface area contributed by atoms with E-state index in [2.05, 4.69) is 12.3 Å². The fraction of sp³-hybridized carbons (Fsp3) is 0.571. The first-order valence-corrected chi connectivity index (χ1v) is 6.52. The molecule has 1 aromatic rings. The van der Waals surface area contributed by atoms with E-state index in [-0.39, 0.29) is 6.04 Å². The molecular formula is C14H20F2N2. The first kappa shape index (κ1) is 13.4. The Morgan fingerprint density at radius 1 is 1.39 bits per heavy atom. The lowest BCUT2D eigenvalue weighted by molar-refractivity contribution is 0.295. The molecule has 3 N–H and O–H groups in total. The minimum Gasteiger partial charge on any atom is -0.271 e. The predicted molar refractivity (Wildman–Crippen MR) is 67.7 cm³/mol. The van der Waals surface area contributed by atoms with Crippen molar-refractivity contribution in [3.8, 4) is 0 Å². The number of hydrogen-bond acceptors (Lipinski definition) is 2. The summed E-state index contributed by atoms with van der Waals surface area (Å²) in [5, 5.41) is 0. The molecule has 0 aliphatic heterocycles. The first-order chi connectivity index (χ1) is 8.61. The third kappa shape index (κ3) is 2.87. The van der Waals surface area contributed by atoms with Crippen LogP contribution in [-0.4, -0.2) is 6.04 Å². The number of halogens is 2. The first-order valence-electron chi connectivity index (χ1n) is 6.52. The van der Waals surface area contributed by atoms with Crippen molar-refractivity contribution in [2.45, 2.75) is 38.6 Å². The predicted octanol–water partition coefficient (Wildman–Crippen LogP) is 2.78. The molecule has 0 saturated heterocycles. The van der Waals surface area contributed by atoms with E-state index in [4.69, 9.17) is 5.84 Å². The van der Waals surface area contributed by atoms with Gasteiger partial charge in [0, 0.05) is 12.1 Å². The van der Waals surface area contributed by atoms with Crippen LogP contribution in [0.4, 0.5) is 8.78 Å². The molecule has 0 aromatic heterocycles. The molecule has 1 aliphatic rings. The lowest BCUT2D eigenvalue weighted by Crippen LogP contribution is -2.43. The van der Waals surface area contributed by atoms with Gasteiger partial charge in [-0.1, -0.05) is 25.8 Å². The fourth-order valence-electron chi connectivity index (χ4n) is 3.03.